The number of nitrogens with one attached hydrogen (secondary N) is 1. The predicted octanol–water partition coefficient (Wildman–Crippen LogP) is 4.65. The minimum Gasteiger partial charge on any atom is -0.309 e. The molecule has 1 aromatic rings. The van der Waals surface area contributed by atoms with Gasteiger partial charge in [0.15, 0.2) is 0 Å². The van der Waals surface area contributed by atoms with Gasteiger partial charge in [-0.05, 0) is 36.5 Å². The first kappa shape index (κ1) is 14.0. The van der Waals surface area contributed by atoms with Crippen LogP contribution in [-0.4, -0.2) is 6.04 Å². The molecule has 0 heterocycles. The summed E-state index contributed by atoms with van der Waals surface area (Å²) in [5, 5.41) is 3.54. The van der Waals surface area contributed by atoms with Crippen LogP contribution in [-0.2, 0) is 6.54 Å². The van der Waals surface area contributed by atoms with E-state index in [2.05, 4.69) is 35.1 Å². The Hall–Kier alpha value is -0.410. The fourth-order valence-corrected chi connectivity index (χ4v) is 3.19. The van der Waals surface area contributed by atoms with E-state index in [-0.39, 0.29) is 5.82 Å². The van der Waals surface area contributed by atoms with Crippen molar-refractivity contribution in [2.24, 2.45) is 5.41 Å². The van der Waals surface area contributed by atoms with Crippen LogP contribution in [0, 0.1) is 11.2 Å². The quantitative estimate of drug-likeness (QED) is 0.856. The van der Waals surface area contributed by atoms with Crippen molar-refractivity contribution in [3.63, 3.8) is 0 Å². The molecule has 0 saturated heterocycles. The summed E-state index contributed by atoms with van der Waals surface area (Å²) in [6, 6.07) is 5.61. The Morgan fingerprint density at radius 1 is 1.39 bits per heavy atom. The summed E-state index contributed by atoms with van der Waals surface area (Å²) < 4.78 is 14.6. The van der Waals surface area contributed by atoms with E-state index < -0.39 is 0 Å². The average molecular weight is 314 g/mol. The molecule has 1 atom stereocenters. The van der Waals surface area contributed by atoms with Gasteiger partial charge < -0.3 is 5.32 Å². The Morgan fingerprint density at radius 3 is 2.89 bits per heavy atom. The molecule has 1 N–H and O–H groups in total. The van der Waals surface area contributed by atoms with Crippen molar-refractivity contribution < 1.29 is 4.39 Å². The van der Waals surface area contributed by atoms with E-state index in [1.807, 2.05) is 6.07 Å². The Morgan fingerprint density at radius 2 is 2.17 bits per heavy atom. The summed E-state index contributed by atoms with van der Waals surface area (Å²) in [7, 11) is 0. The minimum absolute atomic E-state index is 0.126. The Labute approximate surface area is 117 Å². The average Bonchev–Trinajstić information content (AvgIpc) is 2.31. The van der Waals surface area contributed by atoms with E-state index in [0.29, 0.717) is 18.0 Å². The highest BCUT2D eigenvalue weighted by Gasteiger charge is 2.31. The molecule has 2 rings (SSSR count). The minimum atomic E-state index is -0.126. The summed E-state index contributed by atoms with van der Waals surface area (Å²) in [6.45, 7) is 5.22. The van der Waals surface area contributed by atoms with Gasteiger partial charge in [-0.15, -0.1) is 0 Å². The summed E-state index contributed by atoms with van der Waals surface area (Å²) in [6.07, 6.45) is 5.05. The number of halogens is 2. The number of hydrogen-bond acceptors (Lipinski definition) is 1. The van der Waals surface area contributed by atoms with Crippen LogP contribution in [0.5, 0.6) is 0 Å². The van der Waals surface area contributed by atoms with Gasteiger partial charge in [0.05, 0.1) is 0 Å². The molecular formula is C15H21BrFN. The normalized spacial score (nSPS) is 23.0. The summed E-state index contributed by atoms with van der Waals surface area (Å²) >= 11 is 3.39. The zero-order valence-electron chi connectivity index (χ0n) is 11.1. The maximum absolute atomic E-state index is 13.7. The van der Waals surface area contributed by atoms with Crippen molar-refractivity contribution in [1.82, 2.24) is 5.32 Å². The monoisotopic (exact) mass is 313 g/mol. The van der Waals surface area contributed by atoms with Crippen molar-refractivity contribution >= 4 is 15.9 Å². The lowest BCUT2D eigenvalue weighted by molar-refractivity contribution is 0.166. The van der Waals surface area contributed by atoms with Crippen molar-refractivity contribution in [2.45, 2.75) is 52.1 Å². The first-order valence-corrected chi connectivity index (χ1v) is 7.46. The van der Waals surface area contributed by atoms with Crippen LogP contribution in [0.3, 0.4) is 0 Å². The Balaban J connectivity index is 2.00. The van der Waals surface area contributed by atoms with E-state index in [9.17, 15) is 4.39 Å². The Kier molecular flexibility index (Phi) is 4.44. The number of hydrogen-bond donors (Lipinski definition) is 1. The predicted molar refractivity (Wildman–Crippen MR) is 77.0 cm³/mol. The van der Waals surface area contributed by atoms with E-state index in [0.717, 1.165) is 10.0 Å². The second-order valence-corrected chi connectivity index (χ2v) is 6.82. The van der Waals surface area contributed by atoms with Crippen LogP contribution in [0.15, 0.2) is 22.7 Å². The van der Waals surface area contributed by atoms with Crippen LogP contribution in [0.2, 0.25) is 0 Å². The van der Waals surface area contributed by atoms with Gasteiger partial charge in [0.2, 0.25) is 0 Å². The second kappa shape index (κ2) is 5.70. The lowest BCUT2D eigenvalue weighted by Crippen LogP contribution is -2.43. The van der Waals surface area contributed by atoms with Crippen molar-refractivity contribution in [3.8, 4) is 0 Å². The van der Waals surface area contributed by atoms with Gasteiger partial charge in [0.1, 0.15) is 5.82 Å². The van der Waals surface area contributed by atoms with E-state index in [1.54, 1.807) is 6.07 Å². The lowest BCUT2D eigenvalue weighted by Gasteiger charge is -2.39. The van der Waals surface area contributed by atoms with Crippen LogP contribution in [0.4, 0.5) is 4.39 Å². The molecule has 18 heavy (non-hydrogen) atoms. The SMILES string of the molecule is CC1(C)CCCCC1NCc1cc(Br)ccc1F. The standard InChI is InChI=1S/C15H21BrFN/c1-15(2)8-4-3-5-14(15)18-10-11-9-12(16)6-7-13(11)17/h6-7,9,14,18H,3-5,8,10H2,1-2H3. The zero-order chi connectivity index (χ0) is 13.2. The lowest BCUT2D eigenvalue weighted by atomic mass is 9.73. The van der Waals surface area contributed by atoms with Crippen LogP contribution in [0.25, 0.3) is 0 Å². The van der Waals surface area contributed by atoms with Crippen molar-refractivity contribution in [1.29, 1.82) is 0 Å². The van der Waals surface area contributed by atoms with Crippen LogP contribution >= 0.6 is 15.9 Å². The fraction of sp³-hybridized carbons (Fsp3) is 0.600. The molecule has 1 saturated carbocycles. The molecule has 3 heteroatoms. The molecule has 1 aliphatic carbocycles. The third-order valence-electron chi connectivity index (χ3n) is 4.05. The molecule has 1 aromatic carbocycles. The topological polar surface area (TPSA) is 12.0 Å². The van der Waals surface area contributed by atoms with Gasteiger partial charge in [-0.3, -0.25) is 0 Å². The van der Waals surface area contributed by atoms with E-state index >= 15 is 0 Å². The van der Waals surface area contributed by atoms with Gasteiger partial charge in [0.25, 0.3) is 0 Å². The molecule has 0 amide bonds. The van der Waals surface area contributed by atoms with E-state index in [1.165, 1.54) is 31.7 Å². The largest absolute Gasteiger partial charge is 0.309 e. The molecule has 1 fully saturated rings. The second-order valence-electron chi connectivity index (χ2n) is 5.90. The number of benzene rings is 1. The molecule has 0 aromatic heterocycles. The molecule has 100 valence electrons. The molecule has 1 nitrogen and oxygen atoms in total. The molecule has 1 unspecified atom stereocenters. The van der Waals surface area contributed by atoms with Crippen molar-refractivity contribution in [3.05, 3.63) is 34.1 Å². The molecule has 0 bridgehead atoms. The maximum atomic E-state index is 13.7. The van der Waals surface area contributed by atoms with Gasteiger partial charge >= 0.3 is 0 Å². The van der Waals surface area contributed by atoms with Gasteiger partial charge in [0, 0.05) is 22.6 Å². The third kappa shape index (κ3) is 3.33. The van der Waals surface area contributed by atoms with Gasteiger partial charge in [-0.25, -0.2) is 4.39 Å². The van der Waals surface area contributed by atoms with E-state index in [4.69, 9.17) is 0 Å². The smallest absolute Gasteiger partial charge is 0.127 e. The highest BCUT2D eigenvalue weighted by Crippen LogP contribution is 2.35. The Bertz CT molecular complexity index is 417. The van der Waals surface area contributed by atoms with Crippen LogP contribution in [0.1, 0.15) is 45.1 Å². The van der Waals surface area contributed by atoms with Crippen LogP contribution < -0.4 is 5.32 Å². The molecule has 1 aliphatic rings. The first-order chi connectivity index (χ1) is 8.49. The highest BCUT2D eigenvalue weighted by atomic mass is 79.9. The molecule has 0 aliphatic heterocycles. The summed E-state index contributed by atoms with van der Waals surface area (Å²) in [4.78, 5) is 0. The maximum Gasteiger partial charge on any atom is 0.127 e. The molecule has 0 spiro atoms. The third-order valence-corrected chi connectivity index (χ3v) is 4.55. The number of rotatable bonds is 3. The summed E-state index contributed by atoms with van der Waals surface area (Å²) in [5.41, 5.74) is 1.06. The summed E-state index contributed by atoms with van der Waals surface area (Å²) in [5.74, 6) is -0.126. The molecular weight excluding hydrogens is 293 g/mol. The fourth-order valence-electron chi connectivity index (χ4n) is 2.78. The van der Waals surface area contributed by atoms with Gasteiger partial charge in [-0.2, -0.15) is 0 Å². The van der Waals surface area contributed by atoms with Gasteiger partial charge in [-0.1, -0.05) is 42.6 Å². The first-order valence-electron chi connectivity index (χ1n) is 6.66. The zero-order valence-corrected chi connectivity index (χ0v) is 12.7. The highest BCUT2D eigenvalue weighted by molar-refractivity contribution is 9.10. The van der Waals surface area contributed by atoms with Crippen molar-refractivity contribution in [2.75, 3.05) is 0 Å². The molecule has 0 radical (unpaired) electrons.